The highest BCUT2D eigenvalue weighted by Crippen LogP contribution is 2.61. The van der Waals surface area contributed by atoms with Gasteiger partial charge in [-0.1, -0.05) is 90.0 Å². The first-order valence-corrected chi connectivity index (χ1v) is 16.7. The SMILES string of the molecule is CCC(C)(CC1C2CC3C(OC(=O)C13)C2OC(=O)C(C)(CC(C)(C)C)C(C)(C)C)OC(=O)C(C)(CC(C)(C)C)C(C)(C)C. The van der Waals surface area contributed by atoms with E-state index >= 15 is 0 Å². The van der Waals surface area contributed by atoms with Crippen LogP contribution in [-0.4, -0.2) is 35.7 Å². The molecule has 0 spiro atoms. The predicted octanol–water partition coefficient (Wildman–Crippen LogP) is 8.78. The molecule has 1 aliphatic heterocycles. The molecule has 0 aromatic heterocycles. The maximum Gasteiger partial charge on any atom is 0.312 e. The fourth-order valence-corrected chi connectivity index (χ4v) is 8.33. The quantitative estimate of drug-likeness (QED) is 0.193. The highest BCUT2D eigenvalue weighted by molar-refractivity contribution is 5.80. The van der Waals surface area contributed by atoms with Crippen LogP contribution < -0.4 is 0 Å². The monoisotopic (exact) mass is 604 g/mol. The summed E-state index contributed by atoms with van der Waals surface area (Å²) in [5.41, 5.74) is -2.88. The summed E-state index contributed by atoms with van der Waals surface area (Å²) in [4.78, 5) is 41.4. The van der Waals surface area contributed by atoms with E-state index in [1.165, 1.54) is 0 Å². The molecule has 2 bridgehead atoms. The first kappa shape index (κ1) is 35.9. The van der Waals surface area contributed by atoms with Gasteiger partial charge in [-0.05, 0) is 80.5 Å². The van der Waals surface area contributed by atoms with Crippen LogP contribution in [0.1, 0.15) is 143 Å². The second-order valence-corrected chi connectivity index (χ2v) is 19.6. The first-order valence-electron chi connectivity index (χ1n) is 16.7. The third-order valence-corrected chi connectivity index (χ3v) is 11.7. The summed E-state index contributed by atoms with van der Waals surface area (Å²) in [6.07, 6.45) is 2.51. The van der Waals surface area contributed by atoms with E-state index < -0.39 is 22.5 Å². The molecule has 2 aliphatic carbocycles. The number of hydrogen-bond acceptors (Lipinski definition) is 6. The van der Waals surface area contributed by atoms with Crippen LogP contribution >= 0.6 is 0 Å². The van der Waals surface area contributed by atoms with Gasteiger partial charge in [-0.15, -0.1) is 0 Å². The van der Waals surface area contributed by atoms with Gasteiger partial charge < -0.3 is 14.2 Å². The number of esters is 3. The van der Waals surface area contributed by atoms with Crippen molar-refractivity contribution in [1.29, 1.82) is 0 Å². The summed E-state index contributed by atoms with van der Waals surface area (Å²) in [6.45, 7) is 33.7. The molecule has 2 saturated carbocycles. The Kier molecular flexibility index (Phi) is 9.21. The number of carbonyl (C=O) groups is 3. The Hall–Kier alpha value is -1.59. The van der Waals surface area contributed by atoms with E-state index in [-0.39, 0.29) is 69.3 Å². The Balaban J connectivity index is 1.89. The van der Waals surface area contributed by atoms with Crippen LogP contribution in [0.5, 0.6) is 0 Å². The van der Waals surface area contributed by atoms with Crippen molar-refractivity contribution in [3.63, 3.8) is 0 Å². The number of ether oxygens (including phenoxy) is 3. The van der Waals surface area contributed by atoms with Crippen molar-refractivity contribution >= 4 is 17.9 Å². The molecule has 9 atom stereocenters. The molecule has 43 heavy (non-hydrogen) atoms. The smallest absolute Gasteiger partial charge is 0.312 e. The molecular weight excluding hydrogens is 540 g/mol. The van der Waals surface area contributed by atoms with Gasteiger partial charge in [0.2, 0.25) is 0 Å². The van der Waals surface area contributed by atoms with E-state index in [4.69, 9.17) is 14.2 Å². The van der Waals surface area contributed by atoms with E-state index in [0.717, 1.165) is 6.42 Å². The fraction of sp³-hybridized carbons (Fsp3) is 0.919. The van der Waals surface area contributed by atoms with Crippen molar-refractivity contribution in [3.05, 3.63) is 0 Å². The normalized spacial score (nSPS) is 31.6. The number of rotatable bonds is 9. The molecule has 248 valence electrons. The van der Waals surface area contributed by atoms with Gasteiger partial charge in [-0.3, -0.25) is 14.4 Å². The molecule has 6 nitrogen and oxygen atoms in total. The summed E-state index contributed by atoms with van der Waals surface area (Å²) >= 11 is 0. The predicted molar refractivity (Wildman–Crippen MR) is 171 cm³/mol. The van der Waals surface area contributed by atoms with Crippen molar-refractivity contribution in [1.82, 2.24) is 0 Å². The zero-order valence-electron chi connectivity index (χ0n) is 30.4. The minimum atomic E-state index is -0.754. The van der Waals surface area contributed by atoms with E-state index in [9.17, 15) is 14.4 Å². The van der Waals surface area contributed by atoms with Gasteiger partial charge in [0.05, 0.1) is 16.7 Å². The second kappa shape index (κ2) is 11.0. The molecule has 3 fully saturated rings. The van der Waals surface area contributed by atoms with E-state index in [0.29, 0.717) is 25.7 Å². The topological polar surface area (TPSA) is 78.9 Å². The van der Waals surface area contributed by atoms with Gasteiger partial charge in [-0.25, -0.2) is 0 Å². The van der Waals surface area contributed by atoms with Gasteiger partial charge in [-0.2, -0.15) is 0 Å². The van der Waals surface area contributed by atoms with Gasteiger partial charge in [0.1, 0.15) is 17.8 Å². The van der Waals surface area contributed by atoms with Crippen molar-refractivity contribution in [2.45, 2.75) is 161 Å². The molecular formula is C37H64O6. The molecule has 6 heteroatoms. The maximum atomic E-state index is 14.1. The average Bonchev–Trinajstić information content (AvgIpc) is 3.39. The molecule has 0 aromatic carbocycles. The van der Waals surface area contributed by atoms with Crippen LogP contribution in [0.15, 0.2) is 0 Å². The van der Waals surface area contributed by atoms with Crippen molar-refractivity contribution in [2.75, 3.05) is 0 Å². The summed E-state index contributed by atoms with van der Waals surface area (Å²) in [6, 6.07) is 0. The van der Waals surface area contributed by atoms with E-state index in [1.54, 1.807) is 0 Å². The lowest BCUT2D eigenvalue weighted by Gasteiger charge is -2.46. The zero-order valence-corrected chi connectivity index (χ0v) is 30.4. The minimum absolute atomic E-state index is 0.00223. The Morgan fingerprint density at radius 2 is 1.21 bits per heavy atom. The summed E-state index contributed by atoms with van der Waals surface area (Å²) < 4.78 is 18.9. The molecule has 1 heterocycles. The molecule has 0 N–H and O–H groups in total. The average molecular weight is 605 g/mol. The lowest BCUT2D eigenvalue weighted by molar-refractivity contribution is -0.185. The van der Waals surface area contributed by atoms with Crippen LogP contribution in [0.4, 0.5) is 0 Å². The molecule has 3 aliphatic rings. The van der Waals surface area contributed by atoms with Crippen LogP contribution in [0.25, 0.3) is 0 Å². The maximum absolute atomic E-state index is 14.1. The van der Waals surface area contributed by atoms with Gasteiger partial charge in [0, 0.05) is 11.8 Å². The fourth-order valence-electron chi connectivity index (χ4n) is 8.33. The van der Waals surface area contributed by atoms with Gasteiger partial charge in [0.25, 0.3) is 0 Å². The molecule has 1 saturated heterocycles. The van der Waals surface area contributed by atoms with E-state index in [2.05, 4.69) is 83.1 Å². The van der Waals surface area contributed by atoms with Crippen LogP contribution in [0, 0.1) is 56.2 Å². The lowest BCUT2D eigenvalue weighted by Crippen LogP contribution is -2.50. The number of fused-ring (bicyclic) bond motifs is 1. The number of hydrogen-bond donors (Lipinski definition) is 0. The van der Waals surface area contributed by atoms with Crippen LogP contribution in [0.2, 0.25) is 0 Å². The highest BCUT2D eigenvalue weighted by Gasteiger charge is 2.69. The summed E-state index contributed by atoms with van der Waals surface area (Å²) in [5.74, 6) is -0.838. The standard InChI is InChI=1S/C37H64O6/c1-17-35(14,43-30(40)37(16,34(11,12)13)21-32(5,6)7)19-24-22-18-23-25(24)28(38)41-27(23)26(22)42-29(39)36(15,33(8,9)10)20-31(2,3)4/h22-27H,17-21H2,1-16H3. The minimum Gasteiger partial charge on any atom is -0.459 e. The summed E-state index contributed by atoms with van der Waals surface area (Å²) in [5, 5.41) is 0. The summed E-state index contributed by atoms with van der Waals surface area (Å²) in [7, 11) is 0. The van der Waals surface area contributed by atoms with Gasteiger partial charge in [0.15, 0.2) is 0 Å². The van der Waals surface area contributed by atoms with E-state index in [1.807, 2.05) is 27.7 Å². The molecule has 0 amide bonds. The van der Waals surface area contributed by atoms with Crippen LogP contribution in [-0.2, 0) is 28.6 Å². The highest BCUT2D eigenvalue weighted by atomic mass is 16.6. The zero-order chi connectivity index (χ0) is 33.4. The Bertz CT molecular complexity index is 1080. The van der Waals surface area contributed by atoms with Gasteiger partial charge >= 0.3 is 17.9 Å². The van der Waals surface area contributed by atoms with Crippen molar-refractivity contribution < 1.29 is 28.6 Å². The lowest BCUT2D eigenvalue weighted by atomic mass is 9.61. The molecule has 0 aromatic rings. The number of carbonyl (C=O) groups excluding carboxylic acids is 3. The van der Waals surface area contributed by atoms with Crippen molar-refractivity contribution in [2.24, 2.45) is 56.2 Å². The Morgan fingerprint density at radius 3 is 1.63 bits per heavy atom. The molecule has 3 rings (SSSR count). The third-order valence-electron chi connectivity index (χ3n) is 11.7. The second-order valence-electron chi connectivity index (χ2n) is 19.6. The third kappa shape index (κ3) is 6.83. The van der Waals surface area contributed by atoms with Crippen molar-refractivity contribution in [3.8, 4) is 0 Å². The van der Waals surface area contributed by atoms with Crippen LogP contribution in [0.3, 0.4) is 0 Å². The Labute approximate surface area is 263 Å². The molecule has 9 unspecified atom stereocenters. The largest absolute Gasteiger partial charge is 0.459 e. The Morgan fingerprint density at radius 1 is 0.744 bits per heavy atom. The first-order chi connectivity index (χ1) is 19.1. The molecule has 0 radical (unpaired) electrons.